The number of benzene rings is 1. The van der Waals surface area contributed by atoms with Crippen LogP contribution in [0.25, 0.3) is 0 Å². The first-order valence-corrected chi connectivity index (χ1v) is 7.84. The summed E-state index contributed by atoms with van der Waals surface area (Å²) >= 11 is 0. The molecule has 0 bridgehead atoms. The van der Waals surface area contributed by atoms with Crippen molar-refractivity contribution in [2.24, 2.45) is 11.1 Å². The summed E-state index contributed by atoms with van der Waals surface area (Å²) in [5.41, 5.74) is 9.66. The lowest BCUT2D eigenvalue weighted by atomic mass is 9.68. The van der Waals surface area contributed by atoms with Gasteiger partial charge in [-0.05, 0) is 56.2 Å². The number of hydrogen-bond donors (Lipinski definition) is 1. The van der Waals surface area contributed by atoms with Crippen LogP contribution in [0.15, 0.2) is 24.3 Å². The van der Waals surface area contributed by atoms with Gasteiger partial charge in [0.15, 0.2) is 0 Å². The van der Waals surface area contributed by atoms with Gasteiger partial charge < -0.3 is 5.73 Å². The van der Waals surface area contributed by atoms with Crippen molar-refractivity contribution in [1.29, 1.82) is 0 Å². The molecule has 0 unspecified atom stereocenters. The molecule has 1 aliphatic carbocycles. The van der Waals surface area contributed by atoms with Gasteiger partial charge in [0.1, 0.15) is 0 Å². The van der Waals surface area contributed by atoms with Crippen molar-refractivity contribution in [3.8, 4) is 0 Å². The fourth-order valence-corrected chi connectivity index (χ4v) is 3.34. The van der Waals surface area contributed by atoms with Crippen molar-refractivity contribution in [3.05, 3.63) is 35.4 Å². The first-order chi connectivity index (χ1) is 9.38. The van der Waals surface area contributed by atoms with Crippen LogP contribution in [0.1, 0.15) is 50.7 Å². The maximum atomic E-state index is 6.18. The topological polar surface area (TPSA) is 29.3 Å². The summed E-state index contributed by atoms with van der Waals surface area (Å²) in [7, 11) is 2.25. The Morgan fingerprint density at radius 3 is 2.25 bits per heavy atom. The lowest BCUT2D eigenvalue weighted by Crippen LogP contribution is -2.54. The normalized spacial score (nSPS) is 21.1. The monoisotopic (exact) mass is 274 g/mol. The Balaban J connectivity index is 2.10. The van der Waals surface area contributed by atoms with E-state index in [4.69, 9.17) is 5.73 Å². The van der Waals surface area contributed by atoms with Crippen molar-refractivity contribution in [2.75, 3.05) is 13.6 Å². The van der Waals surface area contributed by atoms with Gasteiger partial charge in [-0.2, -0.15) is 0 Å². The average molecular weight is 274 g/mol. The van der Waals surface area contributed by atoms with Crippen molar-refractivity contribution in [3.63, 3.8) is 0 Å². The van der Waals surface area contributed by atoms with Gasteiger partial charge in [-0.15, -0.1) is 0 Å². The van der Waals surface area contributed by atoms with Crippen molar-refractivity contribution < 1.29 is 0 Å². The standard InChI is InChI=1S/C18H30N2/c1-15-7-5-6-8-16(15)13-20(4)18(14-19)11-9-17(2,3)10-12-18/h5-8H,9-14,19H2,1-4H3. The van der Waals surface area contributed by atoms with Crippen LogP contribution < -0.4 is 5.73 Å². The van der Waals surface area contributed by atoms with Gasteiger partial charge >= 0.3 is 0 Å². The van der Waals surface area contributed by atoms with Crippen LogP contribution in [0.4, 0.5) is 0 Å². The van der Waals surface area contributed by atoms with Crippen molar-refractivity contribution in [1.82, 2.24) is 4.90 Å². The second-order valence-electron chi connectivity index (χ2n) is 7.38. The molecule has 1 aromatic carbocycles. The molecular formula is C18H30N2. The minimum atomic E-state index is 0.192. The molecule has 20 heavy (non-hydrogen) atoms. The third kappa shape index (κ3) is 3.24. The highest BCUT2D eigenvalue weighted by Gasteiger charge is 2.40. The maximum absolute atomic E-state index is 6.18. The van der Waals surface area contributed by atoms with Crippen molar-refractivity contribution in [2.45, 2.75) is 58.5 Å². The number of rotatable bonds is 4. The van der Waals surface area contributed by atoms with E-state index in [0.29, 0.717) is 5.41 Å². The predicted octanol–water partition coefficient (Wildman–Crippen LogP) is 3.72. The Labute approximate surface area is 124 Å². The third-order valence-corrected chi connectivity index (χ3v) is 5.39. The molecule has 0 aromatic heterocycles. The summed E-state index contributed by atoms with van der Waals surface area (Å²) in [5, 5.41) is 0. The molecule has 0 saturated heterocycles. The Kier molecular flexibility index (Phi) is 4.55. The zero-order valence-corrected chi connectivity index (χ0v) is 13.6. The number of nitrogens with two attached hydrogens (primary N) is 1. The van der Waals surface area contributed by atoms with Crippen LogP contribution in [0.2, 0.25) is 0 Å². The van der Waals surface area contributed by atoms with Gasteiger partial charge in [0.25, 0.3) is 0 Å². The SMILES string of the molecule is Cc1ccccc1CN(C)C1(CN)CCC(C)(C)CC1. The lowest BCUT2D eigenvalue weighted by Gasteiger charge is -2.48. The summed E-state index contributed by atoms with van der Waals surface area (Å²) in [4.78, 5) is 2.50. The molecule has 0 aliphatic heterocycles. The first-order valence-electron chi connectivity index (χ1n) is 7.84. The number of hydrogen-bond acceptors (Lipinski definition) is 2. The van der Waals surface area contributed by atoms with Gasteiger partial charge in [-0.25, -0.2) is 0 Å². The van der Waals surface area contributed by atoms with E-state index in [1.54, 1.807) is 0 Å². The smallest absolute Gasteiger partial charge is 0.0332 e. The van der Waals surface area contributed by atoms with Crippen molar-refractivity contribution >= 4 is 0 Å². The van der Waals surface area contributed by atoms with Gasteiger partial charge in [0, 0.05) is 18.6 Å². The van der Waals surface area contributed by atoms with Gasteiger partial charge in [-0.1, -0.05) is 38.1 Å². The van der Waals surface area contributed by atoms with Crippen LogP contribution in [-0.2, 0) is 6.54 Å². The minimum absolute atomic E-state index is 0.192. The van der Waals surface area contributed by atoms with Gasteiger partial charge in [0.05, 0.1) is 0 Å². The summed E-state index contributed by atoms with van der Waals surface area (Å²) in [6.07, 6.45) is 5.00. The summed E-state index contributed by atoms with van der Waals surface area (Å²) in [5.74, 6) is 0. The van der Waals surface area contributed by atoms with E-state index in [9.17, 15) is 0 Å². The second-order valence-corrected chi connectivity index (χ2v) is 7.38. The summed E-state index contributed by atoms with van der Waals surface area (Å²) < 4.78 is 0. The number of likely N-dealkylation sites (N-methyl/N-ethyl adjacent to an activating group) is 1. The molecule has 0 radical (unpaired) electrons. The summed E-state index contributed by atoms with van der Waals surface area (Å²) in [6, 6.07) is 8.68. The van der Waals surface area contributed by atoms with Gasteiger partial charge in [0.2, 0.25) is 0 Å². The molecule has 1 saturated carbocycles. The second kappa shape index (κ2) is 5.87. The molecule has 0 spiro atoms. The lowest BCUT2D eigenvalue weighted by molar-refractivity contribution is 0.0363. The fourth-order valence-electron chi connectivity index (χ4n) is 3.34. The fraction of sp³-hybridized carbons (Fsp3) is 0.667. The highest BCUT2D eigenvalue weighted by molar-refractivity contribution is 5.25. The Hall–Kier alpha value is -0.860. The first kappa shape index (κ1) is 15.5. The quantitative estimate of drug-likeness (QED) is 0.906. The van der Waals surface area contributed by atoms with E-state index < -0.39 is 0 Å². The molecule has 2 heteroatoms. The van der Waals surface area contributed by atoms with E-state index in [2.05, 4.69) is 57.0 Å². The molecule has 0 atom stereocenters. The molecule has 112 valence electrons. The van der Waals surface area contributed by atoms with Crippen LogP contribution in [0, 0.1) is 12.3 Å². The van der Waals surface area contributed by atoms with E-state index in [0.717, 1.165) is 13.1 Å². The minimum Gasteiger partial charge on any atom is -0.329 e. The highest BCUT2D eigenvalue weighted by Crippen LogP contribution is 2.42. The molecule has 2 rings (SSSR count). The van der Waals surface area contributed by atoms with Crippen LogP contribution in [-0.4, -0.2) is 24.0 Å². The molecule has 1 aliphatic rings. The summed E-state index contributed by atoms with van der Waals surface area (Å²) in [6.45, 7) is 8.74. The number of aryl methyl sites for hydroxylation is 1. The molecule has 1 fully saturated rings. The molecule has 0 heterocycles. The van der Waals surface area contributed by atoms with Crippen LogP contribution in [0.5, 0.6) is 0 Å². The molecule has 0 amide bonds. The van der Waals surface area contributed by atoms with E-state index >= 15 is 0 Å². The molecule has 2 N–H and O–H groups in total. The Morgan fingerprint density at radius 1 is 1.10 bits per heavy atom. The molecular weight excluding hydrogens is 244 g/mol. The molecule has 2 nitrogen and oxygen atoms in total. The number of nitrogens with zero attached hydrogens (tertiary/aromatic N) is 1. The third-order valence-electron chi connectivity index (χ3n) is 5.39. The van der Waals surface area contributed by atoms with E-state index in [1.807, 2.05) is 0 Å². The zero-order chi connectivity index (χ0) is 14.8. The van der Waals surface area contributed by atoms with E-state index in [-0.39, 0.29) is 5.54 Å². The Bertz CT molecular complexity index is 440. The average Bonchev–Trinajstić information content (AvgIpc) is 2.42. The van der Waals surface area contributed by atoms with Gasteiger partial charge in [-0.3, -0.25) is 4.90 Å². The van der Waals surface area contributed by atoms with Crippen LogP contribution in [0.3, 0.4) is 0 Å². The maximum Gasteiger partial charge on any atom is 0.0332 e. The zero-order valence-electron chi connectivity index (χ0n) is 13.6. The van der Waals surface area contributed by atoms with Crippen LogP contribution >= 0.6 is 0 Å². The highest BCUT2D eigenvalue weighted by atomic mass is 15.2. The molecule has 1 aromatic rings. The van der Waals surface area contributed by atoms with E-state index in [1.165, 1.54) is 36.8 Å². The largest absolute Gasteiger partial charge is 0.329 e. The predicted molar refractivity (Wildman–Crippen MR) is 86.7 cm³/mol. The Morgan fingerprint density at radius 2 is 1.70 bits per heavy atom.